The molecule has 1 unspecified atom stereocenters. The first-order valence-electron chi connectivity index (χ1n) is 7.43. The van der Waals surface area contributed by atoms with Gasteiger partial charge in [0.05, 0.1) is 16.4 Å². The van der Waals surface area contributed by atoms with Gasteiger partial charge < -0.3 is 5.32 Å². The van der Waals surface area contributed by atoms with Gasteiger partial charge in [0.1, 0.15) is 0 Å². The molecule has 1 N–H and O–H groups in total. The molecule has 0 aliphatic rings. The lowest BCUT2D eigenvalue weighted by molar-refractivity contribution is 0.409. The van der Waals surface area contributed by atoms with Crippen molar-refractivity contribution in [3.05, 3.63) is 16.4 Å². The summed E-state index contributed by atoms with van der Waals surface area (Å²) in [6.45, 7) is 9.89. The Morgan fingerprint density at radius 3 is 2.47 bits per heavy atom. The SMILES string of the molecule is CCCNC(Cc1c(Cl)c(CC)nn1C)CC(C)C. The normalized spacial score (nSPS) is 13.2. The van der Waals surface area contributed by atoms with Crippen molar-refractivity contribution in [1.82, 2.24) is 15.1 Å². The van der Waals surface area contributed by atoms with E-state index in [1.165, 1.54) is 6.42 Å². The Labute approximate surface area is 122 Å². The minimum absolute atomic E-state index is 0.484. The summed E-state index contributed by atoms with van der Waals surface area (Å²) in [6.07, 6.45) is 4.18. The van der Waals surface area contributed by atoms with Crippen LogP contribution in [-0.4, -0.2) is 22.4 Å². The summed E-state index contributed by atoms with van der Waals surface area (Å²) in [5.41, 5.74) is 2.17. The van der Waals surface area contributed by atoms with Gasteiger partial charge in [-0.2, -0.15) is 5.10 Å². The highest BCUT2D eigenvalue weighted by Crippen LogP contribution is 2.23. The van der Waals surface area contributed by atoms with Gasteiger partial charge in [0.15, 0.2) is 0 Å². The molecule has 19 heavy (non-hydrogen) atoms. The first kappa shape index (κ1) is 16.5. The van der Waals surface area contributed by atoms with E-state index in [1.807, 2.05) is 11.7 Å². The van der Waals surface area contributed by atoms with Crippen LogP contribution in [0.4, 0.5) is 0 Å². The maximum Gasteiger partial charge on any atom is 0.0850 e. The second kappa shape index (κ2) is 7.91. The van der Waals surface area contributed by atoms with E-state index in [2.05, 4.69) is 38.1 Å². The summed E-state index contributed by atoms with van der Waals surface area (Å²) in [5, 5.41) is 8.99. The van der Waals surface area contributed by atoms with Crippen LogP contribution in [0, 0.1) is 5.92 Å². The van der Waals surface area contributed by atoms with E-state index in [0.717, 1.165) is 42.2 Å². The monoisotopic (exact) mass is 285 g/mol. The molecule has 0 saturated carbocycles. The highest BCUT2D eigenvalue weighted by atomic mass is 35.5. The van der Waals surface area contributed by atoms with Gasteiger partial charge in [-0.1, -0.05) is 39.3 Å². The second-order valence-electron chi connectivity index (χ2n) is 5.67. The zero-order valence-electron chi connectivity index (χ0n) is 13.0. The number of hydrogen-bond donors (Lipinski definition) is 1. The molecule has 1 heterocycles. The fraction of sp³-hybridized carbons (Fsp3) is 0.800. The number of aryl methyl sites for hydroxylation is 2. The molecule has 1 aromatic rings. The van der Waals surface area contributed by atoms with E-state index >= 15 is 0 Å². The van der Waals surface area contributed by atoms with E-state index in [-0.39, 0.29) is 0 Å². The smallest absolute Gasteiger partial charge is 0.0850 e. The summed E-state index contributed by atoms with van der Waals surface area (Å²) in [5.74, 6) is 0.687. The Balaban J connectivity index is 2.79. The van der Waals surface area contributed by atoms with Crippen LogP contribution in [0.15, 0.2) is 0 Å². The van der Waals surface area contributed by atoms with Crippen molar-refractivity contribution < 1.29 is 0 Å². The number of rotatable bonds is 8. The van der Waals surface area contributed by atoms with E-state index in [9.17, 15) is 0 Å². The van der Waals surface area contributed by atoms with Gasteiger partial charge in [0.25, 0.3) is 0 Å². The van der Waals surface area contributed by atoms with Gasteiger partial charge in [0, 0.05) is 19.5 Å². The molecule has 0 aromatic carbocycles. The van der Waals surface area contributed by atoms with Gasteiger partial charge in [-0.05, 0) is 31.7 Å². The third-order valence-corrected chi connectivity index (χ3v) is 3.82. The fourth-order valence-corrected chi connectivity index (χ4v) is 2.80. The number of nitrogens with zero attached hydrogens (tertiary/aromatic N) is 2. The summed E-state index contributed by atoms with van der Waals surface area (Å²) < 4.78 is 1.95. The van der Waals surface area contributed by atoms with Crippen molar-refractivity contribution in [3.63, 3.8) is 0 Å². The van der Waals surface area contributed by atoms with E-state index < -0.39 is 0 Å². The Morgan fingerprint density at radius 2 is 2.00 bits per heavy atom. The van der Waals surface area contributed by atoms with Gasteiger partial charge >= 0.3 is 0 Å². The van der Waals surface area contributed by atoms with Gasteiger partial charge in [0.2, 0.25) is 0 Å². The molecule has 0 spiro atoms. The quantitative estimate of drug-likeness (QED) is 0.791. The molecule has 0 saturated heterocycles. The van der Waals surface area contributed by atoms with Crippen molar-refractivity contribution in [2.24, 2.45) is 13.0 Å². The van der Waals surface area contributed by atoms with Crippen LogP contribution in [0.2, 0.25) is 5.02 Å². The van der Waals surface area contributed by atoms with Crippen molar-refractivity contribution in [2.75, 3.05) is 6.54 Å². The zero-order valence-corrected chi connectivity index (χ0v) is 13.7. The Morgan fingerprint density at radius 1 is 1.32 bits per heavy atom. The van der Waals surface area contributed by atoms with Gasteiger partial charge in [-0.3, -0.25) is 4.68 Å². The van der Waals surface area contributed by atoms with Crippen LogP contribution in [-0.2, 0) is 19.9 Å². The molecule has 0 bridgehead atoms. The van der Waals surface area contributed by atoms with Crippen molar-refractivity contribution in [3.8, 4) is 0 Å². The molecule has 0 aliphatic heterocycles. The van der Waals surface area contributed by atoms with Crippen LogP contribution in [0.25, 0.3) is 0 Å². The minimum Gasteiger partial charge on any atom is -0.314 e. The predicted octanol–water partition coefficient (Wildman–Crippen LogP) is 3.59. The maximum absolute atomic E-state index is 6.43. The third-order valence-electron chi connectivity index (χ3n) is 3.38. The van der Waals surface area contributed by atoms with Crippen molar-refractivity contribution in [2.45, 2.75) is 59.4 Å². The lowest BCUT2D eigenvalue weighted by atomic mass is 9.99. The topological polar surface area (TPSA) is 29.9 Å². The first-order valence-corrected chi connectivity index (χ1v) is 7.80. The molecule has 0 aliphatic carbocycles. The number of halogens is 1. The average molecular weight is 286 g/mol. The molecule has 0 fully saturated rings. The fourth-order valence-electron chi connectivity index (χ4n) is 2.43. The average Bonchev–Trinajstić information content (AvgIpc) is 2.62. The molecule has 1 rings (SSSR count). The van der Waals surface area contributed by atoms with Crippen LogP contribution >= 0.6 is 11.6 Å². The molecule has 0 radical (unpaired) electrons. The number of nitrogens with one attached hydrogen (secondary N) is 1. The lowest BCUT2D eigenvalue weighted by Gasteiger charge is -2.20. The summed E-state index contributed by atoms with van der Waals surface area (Å²) in [4.78, 5) is 0. The molecule has 1 atom stereocenters. The highest BCUT2D eigenvalue weighted by Gasteiger charge is 2.18. The third kappa shape index (κ3) is 4.81. The van der Waals surface area contributed by atoms with E-state index in [0.29, 0.717) is 12.0 Å². The largest absolute Gasteiger partial charge is 0.314 e. The van der Waals surface area contributed by atoms with Crippen molar-refractivity contribution in [1.29, 1.82) is 0 Å². The summed E-state index contributed by atoms with van der Waals surface area (Å²) in [7, 11) is 1.99. The van der Waals surface area contributed by atoms with E-state index in [4.69, 9.17) is 11.6 Å². The Hall–Kier alpha value is -0.540. The van der Waals surface area contributed by atoms with Crippen molar-refractivity contribution >= 4 is 11.6 Å². The Bertz CT molecular complexity index is 385. The second-order valence-corrected chi connectivity index (χ2v) is 6.05. The Kier molecular flexibility index (Phi) is 6.87. The number of hydrogen-bond acceptors (Lipinski definition) is 2. The maximum atomic E-state index is 6.43. The highest BCUT2D eigenvalue weighted by molar-refractivity contribution is 6.31. The van der Waals surface area contributed by atoms with E-state index in [1.54, 1.807) is 0 Å². The molecular weight excluding hydrogens is 258 g/mol. The summed E-state index contributed by atoms with van der Waals surface area (Å²) >= 11 is 6.43. The zero-order chi connectivity index (χ0) is 14.4. The molecule has 4 heteroatoms. The minimum atomic E-state index is 0.484. The van der Waals surface area contributed by atoms with Gasteiger partial charge in [-0.25, -0.2) is 0 Å². The lowest BCUT2D eigenvalue weighted by Crippen LogP contribution is -2.33. The number of aromatic nitrogens is 2. The predicted molar refractivity (Wildman–Crippen MR) is 82.8 cm³/mol. The van der Waals surface area contributed by atoms with Crippen LogP contribution < -0.4 is 5.32 Å². The molecule has 110 valence electrons. The van der Waals surface area contributed by atoms with Crippen LogP contribution in [0.5, 0.6) is 0 Å². The van der Waals surface area contributed by atoms with Crippen LogP contribution in [0.1, 0.15) is 51.9 Å². The standard InChI is InChI=1S/C15H28ClN3/c1-6-8-17-12(9-11(3)4)10-14-15(16)13(7-2)18-19(14)5/h11-12,17H,6-10H2,1-5H3. The molecule has 3 nitrogen and oxygen atoms in total. The van der Waals surface area contributed by atoms with Gasteiger partial charge in [-0.15, -0.1) is 0 Å². The molecule has 0 amide bonds. The molecule has 1 aromatic heterocycles. The molecular formula is C15H28ClN3. The summed E-state index contributed by atoms with van der Waals surface area (Å²) in [6, 6.07) is 0.484. The first-order chi connectivity index (χ1) is 8.99. The van der Waals surface area contributed by atoms with Crippen LogP contribution in [0.3, 0.4) is 0 Å².